The van der Waals surface area contributed by atoms with E-state index in [1.54, 1.807) is 23.1 Å². The Morgan fingerprint density at radius 1 is 1.22 bits per heavy atom. The Morgan fingerprint density at radius 2 is 1.93 bits per heavy atom. The Morgan fingerprint density at radius 3 is 2.56 bits per heavy atom. The number of urea groups is 1. The molecule has 9 heteroatoms. The second-order valence-corrected chi connectivity index (χ2v) is 7.54. The summed E-state index contributed by atoms with van der Waals surface area (Å²) < 4.78 is 24.9. The van der Waals surface area contributed by atoms with E-state index in [2.05, 4.69) is 10.6 Å². The number of rotatable bonds is 7. The van der Waals surface area contributed by atoms with Gasteiger partial charge in [0.15, 0.2) is 0 Å². The molecule has 27 heavy (non-hydrogen) atoms. The average Bonchev–Trinajstić information content (AvgIpc) is 2.61. The highest BCUT2D eigenvalue weighted by molar-refractivity contribution is 7.99. The first-order chi connectivity index (χ1) is 12.9. The highest BCUT2D eigenvalue weighted by Crippen LogP contribution is 2.27. The third-order valence-electron chi connectivity index (χ3n) is 4.36. The molecule has 0 bridgehead atoms. The normalized spacial score (nSPS) is 16.3. The smallest absolute Gasteiger partial charge is 0.321 e. The number of alkyl halides is 2. The van der Waals surface area contributed by atoms with Crippen molar-refractivity contribution in [2.24, 2.45) is 0 Å². The van der Waals surface area contributed by atoms with Crippen molar-refractivity contribution in [3.05, 3.63) is 24.3 Å². The van der Waals surface area contributed by atoms with Crippen molar-refractivity contribution in [2.45, 2.75) is 37.0 Å². The monoisotopic (exact) mass is 400 g/mol. The summed E-state index contributed by atoms with van der Waals surface area (Å²) in [6.07, 6.45) is 0.886. The molecule has 1 heterocycles. The number of carbonyl (C=O) groups excluding carboxylic acids is 2. The molecule has 0 saturated carbocycles. The Bertz CT molecular complexity index is 640. The molecule has 2 N–H and O–H groups in total. The van der Waals surface area contributed by atoms with Gasteiger partial charge in [0, 0.05) is 42.8 Å². The summed E-state index contributed by atoms with van der Waals surface area (Å²) in [5.74, 6) is -2.50. The molecule has 2 rings (SSSR count). The average molecular weight is 400 g/mol. The van der Waals surface area contributed by atoms with Gasteiger partial charge in [0.25, 0.3) is 5.76 Å². The van der Waals surface area contributed by atoms with Gasteiger partial charge in [-0.2, -0.15) is 8.78 Å². The zero-order valence-corrected chi connectivity index (χ0v) is 16.4. The molecule has 1 saturated heterocycles. The number of halogens is 2. The largest absolute Gasteiger partial charge is 0.353 e. The maximum absolute atomic E-state index is 12.5. The molecule has 1 aliphatic rings. The fourth-order valence-electron chi connectivity index (χ4n) is 2.69. The number of amides is 3. The summed E-state index contributed by atoms with van der Waals surface area (Å²) in [5, 5.41) is 5.68. The predicted molar refractivity (Wildman–Crippen MR) is 103 cm³/mol. The second-order valence-electron chi connectivity index (χ2n) is 6.48. The van der Waals surface area contributed by atoms with Crippen LogP contribution in [0.1, 0.15) is 20.3 Å². The van der Waals surface area contributed by atoms with Crippen molar-refractivity contribution < 1.29 is 18.4 Å². The number of hydrogen-bond donors (Lipinski definition) is 2. The lowest BCUT2D eigenvalue weighted by Crippen LogP contribution is -2.52. The lowest BCUT2D eigenvalue weighted by atomic mass is 10.2. The molecule has 0 radical (unpaired) electrons. The maximum Gasteiger partial charge on any atom is 0.321 e. The molecule has 6 nitrogen and oxygen atoms in total. The Balaban J connectivity index is 1.79. The zero-order valence-electron chi connectivity index (χ0n) is 15.6. The lowest BCUT2D eigenvalue weighted by Gasteiger charge is -2.34. The van der Waals surface area contributed by atoms with Crippen LogP contribution in [-0.2, 0) is 4.79 Å². The molecule has 1 aromatic rings. The van der Waals surface area contributed by atoms with Gasteiger partial charge in [0.05, 0.1) is 6.54 Å². The van der Waals surface area contributed by atoms with Gasteiger partial charge in [-0.1, -0.05) is 24.8 Å². The molecule has 0 aliphatic carbocycles. The molecule has 1 atom stereocenters. The molecule has 3 amide bonds. The SMILES string of the molecule is CCC(C)NC(=O)CN1CCN(C(=O)Nc2cccc(SC(F)F)c2)CC1. The van der Waals surface area contributed by atoms with Gasteiger partial charge in [-0.25, -0.2) is 4.79 Å². The maximum atomic E-state index is 12.5. The van der Waals surface area contributed by atoms with Gasteiger partial charge < -0.3 is 15.5 Å². The third-order valence-corrected chi connectivity index (χ3v) is 5.06. The summed E-state index contributed by atoms with van der Waals surface area (Å²) in [4.78, 5) is 28.4. The van der Waals surface area contributed by atoms with E-state index >= 15 is 0 Å². The molecule has 1 fully saturated rings. The highest BCUT2D eigenvalue weighted by Gasteiger charge is 2.22. The van der Waals surface area contributed by atoms with Crippen LogP contribution in [0.15, 0.2) is 29.2 Å². The first-order valence-corrected chi connectivity index (χ1v) is 9.88. The van der Waals surface area contributed by atoms with Crippen LogP contribution < -0.4 is 10.6 Å². The summed E-state index contributed by atoms with van der Waals surface area (Å²) in [6, 6.07) is 6.30. The van der Waals surface area contributed by atoms with Crippen LogP contribution in [-0.4, -0.2) is 66.3 Å². The van der Waals surface area contributed by atoms with Gasteiger partial charge in [0.1, 0.15) is 0 Å². The minimum absolute atomic E-state index is 0.00408. The highest BCUT2D eigenvalue weighted by atomic mass is 32.2. The van der Waals surface area contributed by atoms with Crippen LogP contribution in [0.3, 0.4) is 0 Å². The summed E-state index contributed by atoms with van der Waals surface area (Å²) in [7, 11) is 0. The van der Waals surface area contributed by atoms with Crippen LogP contribution in [0.2, 0.25) is 0 Å². The minimum atomic E-state index is -2.50. The van der Waals surface area contributed by atoms with Crippen molar-refractivity contribution in [2.75, 3.05) is 38.0 Å². The van der Waals surface area contributed by atoms with E-state index < -0.39 is 5.76 Å². The standard InChI is InChI=1S/C18H26F2N4O2S/c1-3-13(2)21-16(25)12-23-7-9-24(10-8-23)18(26)22-14-5-4-6-15(11-14)27-17(19)20/h4-6,11,13,17H,3,7-10,12H2,1-2H3,(H,21,25)(H,22,26). The Kier molecular flexibility index (Phi) is 8.30. The first kappa shape index (κ1) is 21.4. The number of carbonyl (C=O) groups is 2. The number of piperazine rings is 1. The summed E-state index contributed by atoms with van der Waals surface area (Å²) >= 11 is 0.444. The van der Waals surface area contributed by atoms with Gasteiger partial charge in [-0.15, -0.1) is 0 Å². The van der Waals surface area contributed by atoms with Gasteiger partial charge in [-0.05, 0) is 31.5 Å². The number of nitrogens with one attached hydrogen (secondary N) is 2. The Hall–Kier alpha value is -1.87. The predicted octanol–water partition coefficient (Wildman–Crippen LogP) is 3.07. The zero-order chi connectivity index (χ0) is 19.8. The van der Waals surface area contributed by atoms with Crippen LogP contribution >= 0.6 is 11.8 Å². The fraction of sp³-hybridized carbons (Fsp3) is 0.556. The molecule has 1 unspecified atom stereocenters. The van der Waals surface area contributed by atoms with Gasteiger partial charge >= 0.3 is 6.03 Å². The second kappa shape index (κ2) is 10.5. The van der Waals surface area contributed by atoms with E-state index in [1.165, 1.54) is 6.07 Å². The van der Waals surface area contributed by atoms with Crippen molar-refractivity contribution >= 4 is 29.4 Å². The van der Waals surface area contributed by atoms with Crippen molar-refractivity contribution in [3.63, 3.8) is 0 Å². The molecule has 150 valence electrons. The number of nitrogens with zero attached hydrogens (tertiary/aromatic N) is 2. The lowest BCUT2D eigenvalue weighted by molar-refractivity contribution is -0.123. The number of thioether (sulfide) groups is 1. The van der Waals surface area contributed by atoms with Crippen LogP contribution in [0.25, 0.3) is 0 Å². The molecule has 1 aliphatic heterocycles. The van der Waals surface area contributed by atoms with Gasteiger partial charge in [-0.3, -0.25) is 9.69 Å². The molecule has 0 spiro atoms. The van der Waals surface area contributed by atoms with E-state index in [0.717, 1.165) is 6.42 Å². The topological polar surface area (TPSA) is 64.7 Å². The molecular weight excluding hydrogens is 374 g/mol. The van der Waals surface area contributed by atoms with E-state index in [0.29, 0.717) is 55.1 Å². The summed E-state index contributed by atoms with van der Waals surface area (Å²) in [5.41, 5.74) is 0.487. The Labute approximate surface area is 162 Å². The van der Waals surface area contributed by atoms with Crippen molar-refractivity contribution in [1.82, 2.24) is 15.1 Å². The van der Waals surface area contributed by atoms with Crippen LogP contribution in [0.4, 0.5) is 19.3 Å². The van der Waals surface area contributed by atoms with Crippen LogP contribution in [0, 0.1) is 0 Å². The van der Waals surface area contributed by atoms with Crippen LogP contribution in [0.5, 0.6) is 0 Å². The first-order valence-electron chi connectivity index (χ1n) is 9.00. The number of benzene rings is 1. The number of hydrogen-bond acceptors (Lipinski definition) is 4. The van der Waals surface area contributed by atoms with Crippen molar-refractivity contribution in [3.8, 4) is 0 Å². The van der Waals surface area contributed by atoms with E-state index in [1.807, 2.05) is 18.7 Å². The molecule has 0 aromatic heterocycles. The molecular formula is C18H26F2N4O2S. The molecule has 1 aromatic carbocycles. The number of anilines is 1. The summed E-state index contributed by atoms with van der Waals surface area (Å²) in [6.45, 7) is 6.55. The third kappa shape index (κ3) is 7.34. The quantitative estimate of drug-likeness (QED) is 0.691. The van der Waals surface area contributed by atoms with E-state index in [9.17, 15) is 18.4 Å². The van der Waals surface area contributed by atoms with E-state index in [4.69, 9.17) is 0 Å². The fourth-order valence-corrected chi connectivity index (χ4v) is 3.25. The van der Waals surface area contributed by atoms with Crippen molar-refractivity contribution in [1.29, 1.82) is 0 Å². The van der Waals surface area contributed by atoms with E-state index in [-0.39, 0.29) is 18.0 Å². The van der Waals surface area contributed by atoms with Gasteiger partial charge in [0.2, 0.25) is 5.91 Å². The minimum Gasteiger partial charge on any atom is -0.353 e.